The van der Waals surface area contributed by atoms with Crippen LogP contribution in [0.4, 0.5) is 0 Å². The summed E-state index contributed by atoms with van der Waals surface area (Å²) in [5.41, 5.74) is 0.183. The smallest absolute Gasteiger partial charge is 0.309 e. The molecule has 0 aliphatic carbocycles. The maximum Gasteiger partial charge on any atom is 0.309 e. The Balaban J connectivity index is 1.87. The topological polar surface area (TPSA) is 109 Å². The van der Waals surface area contributed by atoms with Crippen LogP contribution in [0.1, 0.15) is 90.8 Å². The fourth-order valence-electron chi connectivity index (χ4n) is 5.29. The first kappa shape index (κ1) is 29.0. The Morgan fingerprint density at radius 2 is 1.97 bits per heavy atom. The Kier molecular flexibility index (Phi) is 9.18. The number of epoxide rings is 1. The molecule has 36 heavy (non-hydrogen) atoms. The van der Waals surface area contributed by atoms with Crippen LogP contribution in [0.25, 0.3) is 6.08 Å². The van der Waals surface area contributed by atoms with E-state index < -0.39 is 35.6 Å². The van der Waals surface area contributed by atoms with Gasteiger partial charge in [-0.05, 0) is 57.6 Å². The van der Waals surface area contributed by atoms with Crippen molar-refractivity contribution in [1.82, 2.24) is 4.98 Å². The molecule has 2 aliphatic rings. The van der Waals surface area contributed by atoms with Gasteiger partial charge >= 0.3 is 5.97 Å². The SMILES string of the molecule is CCC1C(=O)C(C)(C)C(O)CC(=O)OC(C(C)=Cc2csc(C)n2)CC2OC2(C)CCCC(C)C1O. The number of ketones is 1. The first-order chi connectivity index (χ1) is 16.8. The molecular formula is C28H43NO6S. The number of hydrogen-bond donors (Lipinski definition) is 2. The number of carbonyl (C=O) groups is 2. The number of fused-ring (bicyclic) bond motifs is 1. The van der Waals surface area contributed by atoms with E-state index in [-0.39, 0.29) is 29.8 Å². The van der Waals surface area contributed by atoms with E-state index in [4.69, 9.17) is 9.47 Å². The Hall–Kier alpha value is -1.61. The number of Topliss-reactive ketones (excluding diaryl/α,β-unsaturated/α-hetero) is 1. The van der Waals surface area contributed by atoms with Gasteiger partial charge in [-0.1, -0.05) is 34.1 Å². The predicted molar refractivity (Wildman–Crippen MR) is 140 cm³/mol. The van der Waals surface area contributed by atoms with Crippen LogP contribution in [0, 0.1) is 24.2 Å². The van der Waals surface area contributed by atoms with E-state index in [1.165, 1.54) is 0 Å². The molecule has 1 aromatic heterocycles. The lowest BCUT2D eigenvalue weighted by Crippen LogP contribution is -2.46. The van der Waals surface area contributed by atoms with Crippen molar-refractivity contribution in [1.29, 1.82) is 0 Å². The number of aliphatic hydroxyl groups excluding tert-OH is 2. The van der Waals surface area contributed by atoms with Crippen molar-refractivity contribution in [3.63, 3.8) is 0 Å². The van der Waals surface area contributed by atoms with Crippen LogP contribution in [0.2, 0.25) is 0 Å². The number of thiazole rings is 1. The summed E-state index contributed by atoms with van der Waals surface area (Å²) >= 11 is 1.56. The second kappa shape index (κ2) is 11.4. The van der Waals surface area contributed by atoms with Crippen LogP contribution >= 0.6 is 11.3 Å². The molecule has 2 N–H and O–H groups in total. The molecule has 0 amide bonds. The number of carbonyl (C=O) groups excluding carboxylic acids is 2. The zero-order valence-corrected chi connectivity index (χ0v) is 23.6. The summed E-state index contributed by atoms with van der Waals surface area (Å²) in [5.74, 6) is -1.45. The highest BCUT2D eigenvalue weighted by Gasteiger charge is 2.53. The third-order valence-corrected chi connectivity index (χ3v) is 8.98. The minimum absolute atomic E-state index is 0.0460. The van der Waals surface area contributed by atoms with Crippen molar-refractivity contribution in [3.05, 3.63) is 21.7 Å². The van der Waals surface area contributed by atoms with Gasteiger partial charge in [-0.3, -0.25) is 9.59 Å². The molecule has 7 nitrogen and oxygen atoms in total. The molecule has 0 radical (unpaired) electrons. The number of aliphatic hydroxyl groups is 2. The monoisotopic (exact) mass is 521 g/mol. The van der Waals surface area contributed by atoms with Gasteiger partial charge in [-0.2, -0.15) is 0 Å². The van der Waals surface area contributed by atoms with Gasteiger partial charge < -0.3 is 19.7 Å². The molecule has 0 saturated carbocycles. The molecule has 0 bridgehead atoms. The average Bonchev–Trinajstić information content (AvgIpc) is 3.24. The largest absolute Gasteiger partial charge is 0.458 e. The zero-order valence-electron chi connectivity index (χ0n) is 22.7. The fraction of sp³-hybridized carbons (Fsp3) is 0.750. The van der Waals surface area contributed by atoms with Crippen molar-refractivity contribution in [2.24, 2.45) is 17.3 Å². The van der Waals surface area contributed by atoms with Crippen LogP contribution < -0.4 is 0 Å². The summed E-state index contributed by atoms with van der Waals surface area (Å²) in [4.78, 5) is 30.9. The van der Waals surface area contributed by atoms with Gasteiger partial charge in [-0.25, -0.2) is 4.98 Å². The number of rotatable bonds is 3. The van der Waals surface area contributed by atoms with Gasteiger partial charge in [0.2, 0.25) is 0 Å². The number of nitrogens with zero attached hydrogens (tertiary/aromatic N) is 1. The highest BCUT2D eigenvalue weighted by Crippen LogP contribution is 2.45. The standard InChI is InChI=1S/C28H43NO6S/c1-8-20-25(32)16(2)10-9-11-28(7)23(35-28)13-21(17(3)12-19-15-36-18(4)29-19)34-24(31)14-22(30)27(5,6)26(20)33/h12,15-16,20-23,25,30,32H,8-11,13-14H2,1-7H3. The van der Waals surface area contributed by atoms with Crippen LogP contribution in [0.15, 0.2) is 11.0 Å². The molecule has 2 fully saturated rings. The zero-order chi connectivity index (χ0) is 26.8. The van der Waals surface area contributed by atoms with E-state index in [2.05, 4.69) is 11.9 Å². The Labute approximate surface area is 219 Å². The first-order valence-electron chi connectivity index (χ1n) is 13.2. The van der Waals surface area contributed by atoms with Crippen LogP contribution in [-0.4, -0.2) is 57.0 Å². The average molecular weight is 522 g/mol. The minimum atomic E-state index is -1.23. The van der Waals surface area contributed by atoms with Gasteiger partial charge in [0.25, 0.3) is 0 Å². The molecule has 2 saturated heterocycles. The maximum absolute atomic E-state index is 13.4. The molecule has 3 rings (SSSR count). The third kappa shape index (κ3) is 6.63. The number of hydrogen-bond acceptors (Lipinski definition) is 8. The number of aryl methyl sites for hydroxylation is 1. The summed E-state index contributed by atoms with van der Waals surface area (Å²) in [6, 6.07) is 0. The van der Waals surface area contributed by atoms with Crippen molar-refractivity contribution in [2.45, 2.75) is 117 Å². The predicted octanol–water partition coefficient (Wildman–Crippen LogP) is 4.87. The van der Waals surface area contributed by atoms with E-state index in [0.29, 0.717) is 12.8 Å². The molecule has 0 aromatic carbocycles. The summed E-state index contributed by atoms with van der Waals surface area (Å²) in [5, 5.41) is 24.9. The molecule has 7 atom stereocenters. The molecule has 0 spiro atoms. The second-order valence-electron chi connectivity index (χ2n) is 11.5. The first-order valence-corrected chi connectivity index (χ1v) is 14.0. The van der Waals surface area contributed by atoms with Crippen molar-refractivity contribution >= 4 is 29.2 Å². The van der Waals surface area contributed by atoms with Gasteiger partial charge in [0.15, 0.2) is 0 Å². The summed E-state index contributed by atoms with van der Waals surface area (Å²) < 4.78 is 12.0. The van der Waals surface area contributed by atoms with Gasteiger partial charge in [0, 0.05) is 17.7 Å². The van der Waals surface area contributed by atoms with E-state index in [9.17, 15) is 19.8 Å². The Bertz CT molecular complexity index is 971. The second-order valence-corrected chi connectivity index (χ2v) is 12.6. The Morgan fingerprint density at radius 3 is 2.58 bits per heavy atom. The lowest BCUT2D eigenvalue weighted by atomic mass is 9.71. The quantitative estimate of drug-likeness (QED) is 0.431. The van der Waals surface area contributed by atoms with Crippen molar-refractivity contribution in [3.8, 4) is 0 Å². The van der Waals surface area contributed by atoms with Crippen LogP contribution in [0.3, 0.4) is 0 Å². The van der Waals surface area contributed by atoms with Crippen LogP contribution in [-0.2, 0) is 19.1 Å². The van der Waals surface area contributed by atoms with E-state index in [0.717, 1.165) is 35.5 Å². The molecule has 8 heteroatoms. The maximum atomic E-state index is 13.4. The number of aromatic nitrogens is 1. The molecule has 1 aromatic rings. The summed E-state index contributed by atoms with van der Waals surface area (Å²) in [7, 11) is 0. The molecule has 3 heterocycles. The molecular weight excluding hydrogens is 478 g/mol. The summed E-state index contributed by atoms with van der Waals surface area (Å²) in [6.45, 7) is 13.1. The van der Waals surface area contributed by atoms with Crippen molar-refractivity contribution in [2.75, 3.05) is 0 Å². The number of cyclic esters (lactones) is 1. The summed E-state index contributed by atoms with van der Waals surface area (Å²) in [6.07, 6.45) is 2.49. The number of esters is 1. The minimum Gasteiger partial charge on any atom is -0.458 e. The lowest BCUT2D eigenvalue weighted by Gasteiger charge is -2.35. The van der Waals surface area contributed by atoms with Gasteiger partial charge in [0.1, 0.15) is 11.9 Å². The molecule has 202 valence electrons. The fourth-order valence-corrected chi connectivity index (χ4v) is 5.86. The third-order valence-electron chi connectivity index (χ3n) is 8.19. The Morgan fingerprint density at radius 1 is 1.28 bits per heavy atom. The lowest BCUT2D eigenvalue weighted by molar-refractivity contribution is -0.154. The van der Waals surface area contributed by atoms with E-state index in [1.54, 1.807) is 25.2 Å². The van der Waals surface area contributed by atoms with Gasteiger partial charge in [0.05, 0.1) is 46.5 Å². The van der Waals surface area contributed by atoms with Crippen LogP contribution in [0.5, 0.6) is 0 Å². The van der Waals surface area contributed by atoms with Gasteiger partial charge in [-0.15, -0.1) is 11.3 Å². The van der Waals surface area contributed by atoms with E-state index >= 15 is 0 Å². The van der Waals surface area contributed by atoms with E-state index in [1.807, 2.05) is 39.2 Å². The highest BCUT2D eigenvalue weighted by atomic mass is 32.1. The molecule has 7 unspecified atom stereocenters. The van der Waals surface area contributed by atoms with Crippen molar-refractivity contribution < 1.29 is 29.3 Å². The number of ether oxygens (including phenoxy) is 2. The highest BCUT2D eigenvalue weighted by molar-refractivity contribution is 7.09. The molecule has 2 aliphatic heterocycles. The normalized spacial score (nSPS) is 36.8.